The average Bonchev–Trinajstić information content (AvgIpc) is 3.14. The van der Waals surface area contributed by atoms with Gasteiger partial charge in [-0.15, -0.1) is 0 Å². The molecule has 0 amide bonds. The first-order valence-corrected chi connectivity index (χ1v) is 9.89. The smallest absolute Gasteiger partial charge is 0.149 e. The van der Waals surface area contributed by atoms with Gasteiger partial charge in [-0.3, -0.25) is 9.83 Å². The summed E-state index contributed by atoms with van der Waals surface area (Å²) in [7, 11) is 0. The second-order valence-electron chi connectivity index (χ2n) is 7.36. The summed E-state index contributed by atoms with van der Waals surface area (Å²) in [5.74, 6) is 0.749. The molecule has 0 fully saturated rings. The van der Waals surface area contributed by atoms with Crippen molar-refractivity contribution < 1.29 is 0 Å². The molecule has 5 heteroatoms. The van der Waals surface area contributed by atoms with Crippen LogP contribution >= 0.6 is 0 Å². The molecule has 5 aromatic rings. The van der Waals surface area contributed by atoms with Crippen LogP contribution in [-0.4, -0.2) is 20.6 Å². The third kappa shape index (κ3) is 3.31. The van der Waals surface area contributed by atoms with Crippen LogP contribution in [0.3, 0.4) is 0 Å². The quantitative estimate of drug-likeness (QED) is 0.320. The number of aryl methyl sites for hydroxylation is 2. The highest BCUT2D eigenvalue weighted by molar-refractivity contribution is 5.89. The predicted molar refractivity (Wildman–Crippen MR) is 123 cm³/mol. The zero-order valence-electron chi connectivity index (χ0n) is 16.9. The number of nitrogens with zero attached hydrogens (tertiary/aromatic N) is 4. The molecule has 3 aromatic heterocycles. The lowest BCUT2D eigenvalue weighted by molar-refractivity contribution is 1.16. The molecule has 0 unspecified atom stereocenters. The third-order valence-electron chi connectivity index (χ3n) is 5.14. The summed E-state index contributed by atoms with van der Waals surface area (Å²) < 4.78 is 2.04. The third-order valence-corrected chi connectivity index (χ3v) is 5.14. The van der Waals surface area contributed by atoms with E-state index in [9.17, 15) is 0 Å². The van der Waals surface area contributed by atoms with E-state index in [1.807, 2.05) is 60.1 Å². The Kier molecular flexibility index (Phi) is 4.48. The van der Waals surface area contributed by atoms with Crippen molar-refractivity contribution in [2.24, 2.45) is 5.10 Å². The number of imidazole rings is 1. The Labute approximate surface area is 174 Å². The van der Waals surface area contributed by atoms with Crippen LogP contribution in [0.2, 0.25) is 0 Å². The minimum Gasteiger partial charge on any atom is -0.298 e. The number of hydrogen-bond acceptors (Lipinski definition) is 4. The summed E-state index contributed by atoms with van der Waals surface area (Å²) in [4.78, 5) is 9.56. The largest absolute Gasteiger partial charge is 0.298 e. The van der Waals surface area contributed by atoms with Crippen LogP contribution in [0.25, 0.3) is 27.8 Å². The van der Waals surface area contributed by atoms with Crippen LogP contribution in [0.4, 0.5) is 5.82 Å². The summed E-state index contributed by atoms with van der Waals surface area (Å²) in [5, 5.41) is 5.64. The van der Waals surface area contributed by atoms with E-state index in [-0.39, 0.29) is 0 Å². The molecule has 5 nitrogen and oxygen atoms in total. The monoisotopic (exact) mass is 391 g/mol. The SMILES string of the molecule is Cc1ccc2cc(C)c(NN=Cc3c(-c4ccccc4)nc4ccccn34)nc2c1. The molecule has 0 saturated heterocycles. The number of fused-ring (bicyclic) bond motifs is 2. The fraction of sp³-hybridized carbons (Fsp3) is 0.0800. The average molecular weight is 391 g/mol. The van der Waals surface area contributed by atoms with Gasteiger partial charge in [0.1, 0.15) is 11.5 Å². The van der Waals surface area contributed by atoms with Gasteiger partial charge in [-0.2, -0.15) is 5.10 Å². The van der Waals surface area contributed by atoms with Crippen LogP contribution in [-0.2, 0) is 0 Å². The summed E-state index contributed by atoms with van der Waals surface area (Å²) >= 11 is 0. The number of aromatic nitrogens is 3. The molecule has 0 radical (unpaired) electrons. The van der Waals surface area contributed by atoms with Crippen molar-refractivity contribution in [1.82, 2.24) is 14.4 Å². The Morgan fingerprint density at radius 2 is 1.73 bits per heavy atom. The van der Waals surface area contributed by atoms with Gasteiger partial charge in [0.2, 0.25) is 0 Å². The first kappa shape index (κ1) is 18.1. The molecule has 0 saturated carbocycles. The van der Waals surface area contributed by atoms with Crippen molar-refractivity contribution in [3.63, 3.8) is 0 Å². The lowest BCUT2D eigenvalue weighted by Crippen LogP contribution is -1.99. The van der Waals surface area contributed by atoms with E-state index in [0.717, 1.165) is 44.9 Å². The zero-order chi connectivity index (χ0) is 20.5. The molecule has 0 spiro atoms. The second-order valence-corrected chi connectivity index (χ2v) is 7.36. The molecule has 0 atom stereocenters. The number of benzene rings is 2. The van der Waals surface area contributed by atoms with Crippen LogP contribution in [0, 0.1) is 13.8 Å². The van der Waals surface area contributed by atoms with E-state index >= 15 is 0 Å². The molecule has 5 rings (SSSR count). The maximum atomic E-state index is 4.81. The molecule has 0 bridgehead atoms. The number of pyridine rings is 2. The van der Waals surface area contributed by atoms with Crippen LogP contribution in [0.1, 0.15) is 16.8 Å². The summed E-state index contributed by atoms with van der Waals surface area (Å²) in [6.07, 6.45) is 3.81. The minimum absolute atomic E-state index is 0.749. The van der Waals surface area contributed by atoms with Crippen molar-refractivity contribution in [3.8, 4) is 11.3 Å². The normalized spacial score (nSPS) is 11.5. The Morgan fingerprint density at radius 3 is 2.60 bits per heavy atom. The molecule has 1 N–H and O–H groups in total. The highest BCUT2D eigenvalue weighted by atomic mass is 15.3. The highest BCUT2D eigenvalue weighted by Gasteiger charge is 2.12. The van der Waals surface area contributed by atoms with Crippen LogP contribution in [0.15, 0.2) is 84.1 Å². The van der Waals surface area contributed by atoms with E-state index in [0.29, 0.717) is 0 Å². The Bertz CT molecular complexity index is 1380. The molecular weight excluding hydrogens is 370 g/mol. The van der Waals surface area contributed by atoms with Crippen molar-refractivity contribution in [3.05, 3.63) is 95.8 Å². The van der Waals surface area contributed by atoms with Gasteiger partial charge in [-0.1, -0.05) is 48.5 Å². The maximum absolute atomic E-state index is 4.81. The second kappa shape index (κ2) is 7.44. The number of nitrogens with one attached hydrogen (secondary N) is 1. The van der Waals surface area contributed by atoms with Crippen molar-refractivity contribution in [1.29, 1.82) is 0 Å². The van der Waals surface area contributed by atoms with Crippen LogP contribution in [0.5, 0.6) is 0 Å². The van der Waals surface area contributed by atoms with Gasteiger partial charge < -0.3 is 0 Å². The maximum Gasteiger partial charge on any atom is 0.149 e. The van der Waals surface area contributed by atoms with E-state index in [1.54, 1.807) is 0 Å². The topological polar surface area (TPSA) is 54.6 Å². The van der Waals surface area contributed by atoms with Crippen molar-refractivity contribution >= 4 is 28.6 Å². The van der Waals surface area contributed by atoms with Crippen LogP contribution < -0.4 is 5.43 Å². The minimum atomic E-state index is 0.749. The molecule has 30 heavy (non-hydrogen) atoms. The first-order chi connectivity index (χ1) is 14.7. The molecule has 0 aliphatic carbocycles. The van der Waals surface area contributed by atoms with E-state index in [4.69, 9.17) is 9.97 Å². The summed E-state index contributed by atoms with van der Waals surface area (Å²) in [6.45, 7) is 4.11. The van der Waals surface area contributed by atoms with Gasteiger partial charge in [-0.25, -0.2) is 9.97 Å². The van der Waals surface area contributed by atoms with E-state index < -0.39 is 0 Å². The van der Waals surface area contributed by atoms with Gasteiger partial charge in [-0.05, 0) is 49.2 Å². The van der Waals surface area contributed by atoms with Gasteiger partial charge in [0.15, 0.2) is 0 Å². The fourth-order valence-corrected chi connectivity index (χ4v) is 3.60. The zero-order valence-corrected chi connectivity index (χ0v) is 16.9. The van der Waals surface area contributed by atoms with E-state index in [2.05, 4.69) is 53.8 Å². The summed E-state index contributed by atoms with van der Waals surface area (Å²) in [6, 6.07) is 24.5. The summed E-state index contributed by atoms with van der Waals surface area (Å²) in [5.41, 5.74) is 10.1. The Hall–Kier alpha value is -3.99. The number of hydrogen-bond donors (Lipinski definition) is 1. The molecule has 146 valence electrons. The lowest BCUT2D eigenvalue weighted by atomic mass is 10.1. The predicted octanol–water partition coefficient (Wildman–Crippen LogP) is 5.61. The first-order valence-electron chi connectivity index (χ1n) is 9.89. The molecule has 2 aromatic carbocycles. The van der Waals surface area contributed by atoms with Gasteiger partial charge >= 0.3 is 0 Å². The Balaban J connectivity index is 1.53. The lowest BCUT2D eigenvalue weighted by Gasteiger charge is -2.07. The number of rotatable bonds is 4. The number of hydrazone groups is 1. The Morgan fingerprint density at radius 1 is 0.900 bits per heavy atom. The molecular formula is C25H21N5. The van der Waals surface area contributed by atoms with Gasteiger partial charge in [0.05, 0.1) is 23.1 Å². The molecule has 0 aliphatic rings. The molecule has 3 heterocycles. The fourth-order valence-electron chi connectivity index (χ4n) is 3.60. The highest BCUT2D eigenvalue weighted by Crippen LogP contribution is 2.24. The standard InChI is InChI=1S/C25H21N5/c1-17-11-12-20-15-18(2)25(27-21(20)14-17)29-26-16-22-24(19-8-4-3-5-9-19)28-23-10-6-7-13-30(22)23/h3-16H,1-2H3,(H,27,29). The van der Waals surface area contributed by atoms with Crippen molar-refractivity contribution in [2.45, 2.75) is 13.8 Å². The van der Waals surface area contributed by atoms with E-state index in [1.165, 1.54) is 5.56 Å². The van der Waals surface area contributed by atoms with Gasteiger partial charge in [0, 0.05) is 17.1 Å². The van der Waals surface area contributed by atoms with Gasteiger partial charge in [0.25, 0.3) is 0 Å². The molecule has 0 aliphatic heterocycles. The number of anilines is 1. The van der Waals surface area contributed by atoms with Crippen molar-refractivity contribution in [2.75, 3.05) is 5.43 Å².